The van der Waals surface area contributed by atoms with Crippen molar-refractivity contribution in [1.29, 1.82) is 0 Å². The number of thiazole rings is 1. The molecule has 1 unspecified atom stereocenters. The van der Waals surface area contributed by atoms with Gasteiger partial charge in [0.2, 0.25) is 0 Å². The van der Waals surface area contributed by atoms with Gasteiger partial charge in [0.05, 0.1) is 5.69 Å². The molecule has 0 radical (unpaired) electrons. The Morgan fingerprint density at radius 3 is 2.60 bits per heavy atom. The molecule has 1 atom stereocenters. The van der Waals surface area contributed by atoms with E-state index in [1.807, 2.05) is 11.3 Å². The molecule has 1 N–H and O–H groups in total. The molecule has 4 heteroatoms. The Balaban J connectivity index is 2.10. The van der Waals surface area contributed by atoms with E-state index in [1.165, 1.54) is 41.5 Å². The van der Waals surface area contributed by atoms with Crippen molar-refractivity contribution in [1.82, 2.24) is 10.3 Å². The Labute approximate surface area is 127 Å². The summed E-state index contributed by atoms with van der Waals surface area (Å²) in [7, 11) is 0. The Bertz CT molecular complexity index is 423. The zero-order valence-corrected chi connectivity index (χ0v) is 14.4. The third-order valence-corrected chi connectivity index (χ3v) is 5.31. The first-order valence-corrected chi connectivity index (χ1v) is 8.81. The second-order valence-corrected chi connectivity index (χ2v) is 7.32. The summed E-state index contributed by atoms with van der Waals surface area (Å²) in [6.07, 6.45) is 3.97. The molecule has 2 rings (SSSR count). The number of nitrogens with one attached hydrogen (secondary N) is 1. The minimum Gasteiger partial charge on any atom is -0.345 e. The van der Waals surface area contributed by atoms with Crippen LogP contribution in [0.4, 0.5) is 5.13 Å². The van der Waals surface area contributed by atoms with Crippen molar-refractivity contribution in [2.45, 2.75) is 66.0 Å². The lowest BCUT2D eigenvalue weighted by molar-refractivity contribution is 0.575. The van der Waals surface area contributed by atoms with Gasteiger partial charge < -0.3 is 10.2 Å². The van der Waals surface area contributed by atoms with Crippen LogP contribution < -0.4 is 10.2 Å². The predicted octanol–water partition coefficient (Wildman–Crippen LogP) is 4.14. The highest BCUT2D eigenvalue weighted by molar-refractivity contribution is 7.15. The molecule has 1 saturated carbocycles. The summed E-state index contributed by atoms with van der Waals surface area (Å²) in [5, 5.41) is 4.79. The molecule has 1 aromatic heterocycles. The molecule has 114 valence electrons. The van der Waals surface area contributed by atoms with Gasteiger partial charge in [-0.05, 0) is 59.4 Å². The molecular formula is C16H29N3S. The Morgan fingerprint density at radius 2 is 2.05 bits per heavy atom. The molecule has 20 heavy (non-hydrogen) atoms. The van der Waals surface area contributed by atoms with Crippen molar-refractivity contribution >= 4 is 16.5 Å². The molecule has 0 bridgehead atoms. The summed E-state index contributed by atoms with van der Waals surface area (Å²) in [5.74, 6) is 0.903. The maximum atomic E-state index is 4.85. The van der Waals surface area contributed by atoms with Gasteiger partial charge in [0, 0.05) is 23.5 Å². The Hall–Kier alpha value is -0.610. The van der Waals surface area contributed by atoms with Crippen molar-refractivity contribution in [3.05, 3.63) is 10.6 Å². The van der Waals surface area contributed by atoms with Gasteiger partial charge in [-0.15, -0.1) is 11.3 Å². The number of aromatic nitrogens is 1. The summed E-state index contributed by atoms with van der Waals surface area (Å²) in [5.41, 5.74) is 1.20. The lowest BCUT2D eigenvalue weighted by Crippen LogP contribution is -2.32. The van der Waals surface area contributed by atoms with E-state index in [0.29, 0.717) is 12.1 Å². The standard InChI is InChI=1S/C16H29N3S/c1-6-9-17-12(4)15-13(5)18-16(20-15)19(11(2)3)10-14-7-8-14/h11-12,14,17H,6-10H2,1-5H3. The van der Waals surface area contributed by atoms with Crippen molar-refractivity contribution in [2.75, 3.05) is 18.0 Å². The largest absolute Gasteiger partial charge is 0.345 e. The highest BCUT2D eigenvalue weighted by Crippen LogP contribution is 2.36. The smallest absolute Gasteiger partial charge is 0.186 e. The molecule has 3 nitrogen and oxygen atoms in total. The molecule has 0 amide bonds. The van der Waals surface area contributed by atoms with E-state index >= 15 is 0 Å². The van der Waals surface area contributed by atoms with E-state index < -0.39 is 0 Å². The molecule has 1 heterocycles. The van der Waals surface area contributed by atoms with Gasteiger partial charge in [0.1, 0.15) is 0 Å². The minimum atomic E-state index is 0.413. The van der Waals surface area contributed by atoms with Gasteiger partial charge >= 0.3 is 0 Å². The van der Waals surface area contributed by atoms with Crippen LogP contribution in [0.5, 0.6) is 0 Å². The summed E-state index contributed by atoms with van der Waals surface area (Å²) in [4.78, 5) is 8.74. The molecule has 0 aliphatic heterocycles. The van der Waals surface area contributed by atoms with Crippen LogP contribution in [-0.4, -0.2) is 24.1 Å². The van der Waals surface area contributed by atoms with Crippen molar-refractivity contribution in [3.8, 4) is 0 Å². The van der Waals surface area contributed by atoms with Crippen LogP contribution in [0.3, 0.4) is 0 Å². The van der Waals surface area contributed by atoms with Crippen LogP contribution in [0.25, 0.3) is 0 Å². The third kappa shape index (κ3) is 3.95. The van der Waals surface area contributed by atoms with Crippen LogP contribution in [0.15, 0.2) is 0 Å². The highest BCUT2D eigenvalue weighted by Gasteiger charge is 2.27. The van der Waals surface area contributed by atoms with Crippen LogP contribution in [0.2, 0.25) is 0 Å². The van der Waals surface area contributed by atoms with E-state index in [-0.39, 0.29) is 0 Å². The number of hydrogen-bond donors (Lipinski definition) is 1. The topological polar surface area (TPSA) is 28.2 Å². The fraction of sp³-hybridized carbons (Fsp3) is 0.812. The number of hydrogen-bond acceptors (Lipinski definition) is 4. The Kier molecular flexibility index (Phi) is 5.44. The summed E-state index contributed by atoms with van der Waals surface area (Å²) in [6, 6.07) is 0.948. The van der Waals surface area contributed by atoms with Gasteiger partial charge in [-0.3, -0.25) is 0 Å². The van der Waals surface area contributed by atoms with Gasteiger partial charge in [0.15, 0.2) is 5.13 Å². The van der Waals surface area contributed by atoms with Crippen LogP contribution in [0, 0.1) is 12.8 Å². The first kappa shape index (κ1) is 15.8. The molecule has 1 aromatic rings. The fourth-order valence-electron chi connectivity index (χ4n) is 2.46. The Morgan fingerprint density at radius 1 is 1.35 bits per heavy atom. The molecule has 1 fully saturated rings. The number of aryl methyl sites for hydroxylation is 1. The van der Waals surface area contributed by atoms with E-state index in [2.05, 4.69) is 44.8 Å². The van der Waals surface area contributed by atoms with Crippen LogP contribution in [-0.2, 0) is 0 Å². The lowest BCUT2D eigenvalue weighted by atomic mass is 10.2. The van der Waals surface area contributed by atoms with E-state index in [4.69, 9.17) is 4.98 Å². The van der Waals surface area contributed by atoms with Crippen molar-refractivity contribution in [2.24, 2.45) is 5.92 Å². The van der Waals surface area contributed by atoms with Crippen molar-refractivity contribution < 1.29 is 0 Å². The van der Waals surface area contributed by atoms with Gasteiger partial charge in [-0.1, -0.05) is 6.92 Å². The second-order valence-electron chi connectivity index (χ2n) is 6.31. The normalized spacial score (nSPS) is 16.7. The maximum absolute atomic E-state index is 4.85. The zero-order chi connectivity index (χ0) is 14.7. The average Bonchev–Trinajstić information content (AvgIpc) is 3.14. The third-order valence-electron chi connectivity index (χ3n) is 3.94. The van der Waals surface area contributed by atoms with E-state index in [9.17, 15) is 0 Å². The van der Waals surface area contributed by atoms with Crippen LogP contribution in [0.1, 0.15) is 63.6 Å². The summed E-state index contributed by atoms with van der Waals surface area (Å²) < 4.78 is 0. The quantitative estimate of drug-likeness (QED) is 0.781. The average molecular weight is 295 g/mol. The molecule has 0 aromatic carbocycles. The monoisotopic (exact) mass is 295 g/mol. The second kappa shape index (κ2) is 6.90. The first-order valence-electron chi connectivity index (χ1n) is 8.00. The predicted molar refractivity (Wildman–Crippen MR) is 88.8 cm³/mol. The lowest BCUT2D eigenvalue weighted by Gasteiger charge is -2.26. The fourth-order valence-corrected chi connectivity index (χ4v) is 3.70. The molecular weight excluding hydrogens is 266 g/mol. The minimum absolute atomic E-state index is 0.413. The van der Waals surface area contributed by atoms with Crippen LogP contribution >= 0.6 is 11.3 Å². The molecule has 0 saturated heterocycles. The molecule has 0 spiro atoms. The maximum Gasteiger partial charge on any atom is 0.186 e. The SMILES string of the molecule is CCCNC(C)c1sc(N(CC2CC2)C(C)C)nc1C. The van der Waals surface area contributed by atoms with E-state index in [0.717, 1.165) is 12.5 Å². The number of nitrogens with zero attached hydrogens (tertiary/aromatic N) is 2. The van der Waals surface area contributed by atoms with E-state index in [1.54, 1.807) is 0 Å². The van der Waals surface area contributed by atoms with Gasteiger partial charge in [-0.2, -0.15) is 0 Å². The summed E-state index contributed by atoms with van der Waals surface area (Å²) in [6.45, 7) is 13.4. The van der Waals surface area contributed by atoms with Gasteiger partial charge in [-0.25, -0.2) is 4.98 Å². The number of anilines is 1. The first-order chi connectivity index (χ1) is 9.52. The van der Waals surface area contributed by atoms with Gasteiger partial charge in [0.25, 0.3) is 0 Å². The zero-order valence-electron chi connectivity index (χ0n) is 13.6. The number of rotatable bonds is 8. The molecule has 1 aliphatic rings. The summed E-state index contributed by atoms with van der Waals surface area (Å²) >= 11 is 1.88. The molecule has 1 aliphatic carbocycles. The highest BCUT2D eigenvalue weighted by atomic mass is 32.1. The van der Waals surface area contributed by atoms with Crippen molar-refractivity contribution in [3.63, 3.8) is 0 Å².